The lowest BCUT2D eigenvalue weighted by Crippen LogP contribution is -2.65. The Bertz CT molecular complexity index is 1560. The fraction of sp³-hybridized carbons (Fsp3) is 0.412. The number of benzene rings is 2. The maximum Gasteiger partial charge on any atom is 0.303 e. The molecule has 10 nitrogen and oxygen atoms in total. The summed E-state index contributed by atoms with van der Waals surface area (Å²) in [7, 11) is 4.01. The van der Waals surface area contributed by atoms with Crippen molar-refractivity contribution >= 4 is 40.9 Å². The van der Waals surface area contributed by atoms with E-state index in [1.807, 2.05) is 39.2 Å². The molecule has 0 radical (unpaired) electrons. The zero-order chi connectivity index (χ0) is 32.9. The molecule has 1 fully saturated rings. The molecule has 45 heavy (non-hydrogen) atoms. The van der Waals surface area contributed by atoms with Crippen LogP contribution in [0, 0.1) is 6.92 Å². The van der Waals surface area contributed by atoms with Gasteiger partial charge in [-0.3, -0.25) is 19.2 Å². The van der Waals surface area contributed by atoms with Crippen LogP contribution in [0.25, 0.3) is 10.4 Å². The van der Waals surface area contributed by atoms with Crippen LogP contribution < -0.4 is 4.90 Å². The molecule has 1 aromatic heterocycles. The molecule has 11 heteroatoms. The topological polar surface area (TPSA) is 118 Å². The number of ether oxygens (including phenoxy) is 5. The number of esters is 4. The molecule has 1 saturated heterocycles. The molecule has 3 aromatic rings. The van der Waals surface area contributed by atoms with E-state index in [2.05, 4.69) is 35.2 Å². The minimum absolute atomic E-state index is 0.182. The lowest BCUT2D eigenvalue weighted by Gasteiger charge is -2.49. The maximum absolute atomic E-state index is 12.7. The summed E-state index contributed by atoms with van der Waals surface area (Å²) in [5.41, 5.74) is 2.75. The first-order chi connectivity index (χ1) is 21.3. The van der Waals surface area contributed by atoms with E-state index in [1.54, 1.807) is 17.4 Å². The fourth-order valence-electron chi connectivity index (χ4n) is 5.53. The van der Waals surface area contributed by atoms with Crippen LogP contribution in [0.3, 0.4) is 0 Å². The van der Waals surface area contributed by atoms with E-state index in [0.29, 0.717) is 12.0 Å². The minimum Gasteiger partial charge on any atom is -0.463 e. The predicted molar refractivity (Wildman–Crippen MR) is 169 cm³/mol. The minimum atomic E-state index is -1.82. The molecule has 2 aromatic carbocycles. The Labute approximate surface area is 267 Å². The van der Waals surface area contributed by atoms with Gasteiger partial charge >= 0.3 is 23.9 Å². The van der Waals surface area contributed by atoms with E-state index < -0.39 is 47.8 Å². The van der Waals surface area contributed by atoms with E-state index in [0.717, 1.165) is 32.1 Å². The highest BCUT2D eigenvalue weighted by atomic mass is 32.1. The number of carbonyl (C=O) groups excluding carboxylic acids is 4. The summed E-state index contributed by atoms with van der Waals surface area (Å²) < 4.78 is 28.7. The van der Waals surface area contributed by atoms with Gasteiger partial charge in [-0.2, -0.15) is 0 Å². The van der Waals surface area contributed by atoms with Gasteiger partial charge in [0.15, 0.2) is 12.2 Å². The number of anilines is 1. The first-order valence-corrected chi connectivity index (χ1v) is 15.4. The SMILES string of the molecule is CC(=O)OC[C@H]1OC[C@H](OC(C)=O)[C@@H](OC(C)=O)[C@]1(OC(C)=O)c1ccc(C)c(Cc2ccc(-c3cccc(N(C)C)c3)s2)c1. The predicted octanol–water partition coefficient (Wildman–Crippen LogP) is 4.96. The van der Waals surface area contributed by atoms with Gasteiger partial charge in [0.1, 0.15) is 12.7 Å². The third-order valence-corrected chi connectivity index (χ3v) is 8.67. The van der Waals surface area contributed by atoms with E-state index >= 15 is 0 Å². The highest BCUT2D eigenvalue weighted by Gasteiger charge is 2.60. The van der Waals surface area contributed by atoms with Crippen LogP contribution in [-0.4, -0.2) is 69.5 Å². The summed E-state index contributed by atoms with van der Waals surface area (Å²) in [5.74, 6) is -2.59. The molecule has 4 atom stereocenters. The fourth-order valence-corrected chi connectivity index (χ4v) is 6.55. The summed E-state index contributed by atoms with van der Waals surface area (Å²) >= 11 is 1.68. The van der Waals surface area contributed by atoms with Crippen molar-refractivity contribution in [3.8, 4) is 10.4 Å². The van der Waals surface area contributed by atoms with Crippen LogP contribution >= 0.6 is 11.3 Å². The van der Waals surface area contributed by atoms with Gasteiger partial charge < -0.3 is 28.6 Å². The van der Waals surface area contributed by atoms with E-state index in [-0.39, 0.29) is 13.2 Å². The molecule has 4 rings (SSSR count). The lowest BCUT2D eigenvalue weighted by atomic mass is 9.77. The van der Waals surface area contributed by atoms with Crippen LogP contribution in [0.15, 0.2) is 54.6 Å². The van der Waals surface area contributed by atoms with Gasteiger partial charge in [0.05, 0.1) is 6.61 Å². The van der Waals surface area contributed by atoms with Crippen molar-refractivity contribution in [3.05, 3.63) is 76.2 Å². The third-order valence-electron chi connectivity index (χ3n) is 7.53. The molecule has 240 valence electrons. The standard InChI is InChI=1S/C34H39NO9S/c1-20-11-12-27(15-26(20)17-29-13-14-31(45-29)25-9-8-10-28(16-25)35(6)7)34(44-24(5)39)32(19-40-21(2)36)41-18-30(42-22(3)37)33(34)43-23(4)38/h8-16,30,32-33H,17-19H2,1-7H3/t30-,32+,33+,34-/m0/s1. The molecule has 0 saturated carbocycles. The second-order valence-corrected chi connectivity index (χ2v) is 12.4. The van der Waals surface area contributed by atoms with Crippen molar-refractivity contribution in [2.45, 2.75) is 65.0 Å². The van der Waals surface area contributed by atoms with Gasteiger partial charge in [0.2, 0.25) is 5.60 Å². The quantitative estimate of drug-likeness (QED) is 0.223. The van der Waals surface area contributed by atoms with Crippen LogP contribution in [0.4, 0.5) is 5.69 Å². The molecule has 1 aliphatic heterocycles. The normalized spacial score (nSPS) is 21.0. The Hall–Kier alpha value is -4.22. The molecule has 0 amide bonds. The van der Waals surface area contributed by atoms with Crippen molar-refractivity contribution in [2.75, 3.05) is 32.2 Å². The van der Waals surface area contributed by atoms with E-state index in [9.17, 15) is 19.2 Å². The number of hydrogen-bond acceptors (Lipinski definition) is 11. The number of carbonyl (C=O) groups is 4. The highest BCUT2D eigenvalue weighted by molar-refractivity contribution is 7.15. The highest BCUT2D eigenvalue weighted by Crippen LogP contribution is 2.44. The Morgan fingerprint density at radius 1 is 0.911 bits per heavy atom. The first-order valence-electron chi connectivity index (χ1n) is 14.6. The monoisotopic (exact) mass is 637 g/mol. The van der Waals surface area contributed by atoms with E-state index in [1.165, 1.54) is 27.7 Å². The van der Waals surface area contributed by atoms with Crippen LogP contribution in [0.1, 0.15) is 49.3 Å². The smallest absolute Gasteiger partial charge is 0.303 e. The van der Waals surface area contributed by atoms with Gasteiger partial charge in [-0.15, -0.1) is 11.3 Å². The lowest BCUT2D eigenvalue weighted by molar-refractivity contribution is -0.274. The van der Waals surface area contributed by atoms with Crippen molar-refractivity contribution in [2.24, 2.45) is 0 Å². The maximum atomic E-state index is 12.7. The summed E-state index contributed by atoms with van der Waals surface area (Å²) in [6.07, 6.45) is -2.93. The molecule has 0 aliphatic carbocycles. The average molecular weight is 638 g/mol. The molecule has 0 N–H and O–H groups in total. The Balaban J connectivity index is 1.81. The number of aryl methyl sites for hydroxylation is 1. The van der Waals surface area contributed by atoms with Gasteiger partial charge in [-0.25, -0.2) is 0 Å². The summed E-state index contributed by atoms with van der Waals surface area (Å²) in [4.78, 5) is 53.4. The van der Waals surface area contributed by atoms with Gasteiger partial charge in [-0.1, -0.05) is 30.3 Å². The van der Waals surface area contributed by atoms with Gasteiger partial charge in [0.25, 0.3) is 0 Å². The number of rotatable bonds is 10. The molecular formula is C34H39NO9S. The molecule has 0 spiro atoms. The average Bonchev–Trinajstić information content (AvgIpc) is 3.43. The van der Waals surface area contributed by atoms with Gasteiger partial charge in [-0.05, 0) is 47.9 Å². The zero-order valence-electron chi connectivity index (χ0n) is 26.6. The number of thiophene rings is 1. The second-order valence-electron chi connectivity index (χ2n) is 11.2. The van der Waals surface area contributed by atoms with E-state index in [4.69, 9.17) is 23.7 Å². The van der Waals surface area contributed by atoms with Crippen molar-refractivity contribution in [3.63, 3.8) is 0 Å². The Kier molecular flexibility index (Phi) is 10.7. The van der Waals surface area contributed by atoms with Crippen molar-refractivity contribution in [1.29, 1.82) is 0 Å². The largest absolute Gasteiger partial charge is 0.463 e. The number of hydrogen-bond donors (Lipinski definition) is 0. The summed E-state index contributed by atoms with van der Waals surface area (Å²) in [6.45, 7) is 6.39. The van der Waals surface area contributed by atoms with Crippen LogP contribution in [0.5, 0.6) is 0 Å². The molecule has 2 heterocycles. The number of nitrogens with zero attached hydrogens (tertiary/aromatic N) is 1. The van der Waals surface area contributed by atoms with Gasteiger partial charge in [0, 0.05) is 69.2 Å². The zero-order valence-corrected chi connectivity index (χ0v) is 27.4. The Morgan fingerprint density at radius 3 is 2.29 bits per heavy atom. The molecule has 1 aliphatic rings. The Morgan fingerprint density at radius 2 is 1.64 bits per heavy atom. The molecular weight excluding hydrogens is 598 g/mol. The van der Waals surface area contributed by atoms with Crippen molar-refractivity contribution in [1.82, 2.24) is 0 Å². The molecule has 0 unspecified atom stereocenters. The third kappa shape index (κ3) is 7.90. The second kappa shape index (κ2) is 14.3. The summed E-state index contributed by atoms with van der Waals surface area (Å²) in [5, 5.41) is 0. The first kappa shape index (κ1) is 33.7. The summed E-state index contributed by atoms with van der Waals surface area (Å²) in [6, 6.07) is 18.0. The molecule has 0 bridgehead atoms. The van der Waals surface area contributed by atoms with Crippen LogP contribution in [-0.2, 0) is 54.9 Å². The van der Waals surface area contributed by atoms with Crippen LogP contribution in [0.2, 0.25) is 0 Å². The van der Waals surface area contributed by atoms with Crippen molar-refractivity contribution < 1.29 is 42.9 Å².